The first-order chi connectivity index (χ1) is 13.9. The molecular weight excluding hydrogens is 562 g/mol. The molecule has 0 radical (unpaired) electrons. The van der Waals surface area contributed by atoms with E-state index in [4.69, 9.17) is 121 Å². The SMILES string of the molecule is OB(O)O.OB(O)O.OB(O)O.OB(O)O.OB(O)O.OB(O)O.OB(O)O.[Li+].[Li+].[Na+].[Na+].[O-]B([O-])O.[OH-].[OH-]. The van der Waals surface area contributed by atoms with Crippen molar-refractivity contribution >= 4 is 58.6 Å². The summed E-state index contributed by atoms with van der Waals surface area (Å²) in [6.45, 7) is 0. The molecule has 0 saturated heterocycles. The molecule has 0 unspecified atom stereocenters. The molecular formula is H24B8Li2Na2O26. The monoisotopic (exact) mass is 588 g/mol. The van der Waals surface area contributed by atoms with Crippen LogP contribution in [0.1, 0.15) is 0 Å². The zero-order valence-electron chi connectivity index (χ0n) is 20.2. The average Bonchev–Trinajstić information content (AvgIpc) is 2.30. The first kappa shape index (κ1) is 90.0. The topological polar surface area (TPSA) is 551 Å². The van der Waals surface area contributed by atoms with Crippen molar-refractivity contribution in [3.8, 4) is 0 Å². The van der Waals surface area contributed by atoms with Crippen molar-refractivity contribution < 1.29 is 228 Å². The smallest absolute Gasteiger partial charge is 0.871 e. The normalized spacial score (nSPS) is 5.68. The number of hydrogen-bond acceptors (Lipinski definition) is 26. The van der Waals surface area contributed by atoms with Crippen LogP contribution in [0.15, 0.2) is 0 Å². The molecule has 0 aliphatic heterocycles. The molecule has 0 fully saturated rings. The minimum atomic E-state index is -2.67. The maximum Gasteiger partial charge on any atom is 1.00 e. The Morgan fingerprint density at radius 2 is 0.263 bits per heavy atom. The van der Waals surface area contributed by atoms with Crippen LogP contribution in [-0.2, 0) is 0 Å². The largest absolute Gasteiger partial charge is 1.00 e. The molecule has 38 heavy (non-hydrogen) atoms. The molecule has 0 aromatic rings. The second-order valence-electron chi connectivity index (χ2n) is 2.73. The van der Waals surface area contributed by atoms with E-state index < -0.39 is 58.6 Å². The van der Waals surface area contributed by atoms with Gasteiger partial charge in [-0.05, 0) is 0 Å². The Labute approximate surface area is 284 Å². The Hall–Kier alpha value is 2.67. The van der Waals surface area contributed by atoms with Gasteiger partial charge in [0.05, 0.1) is 7.32 Å². The summed E-state index contributed by atoms with van der Waals surface area (Å²) < 4.78 is 0. The van der Waals surface area contributed by atoms with E-state index in [1.54, 1.807) is 0 Å². The third kappa shape index (κ3) is 7680. The van der Waals surface area contributed by atoms with E-state index in [2.05, 4.69) is 0 Å². The van der Waals surface area contributed by atoms with Crippen LogP contribution in [0.2, 0.25) is 0 Å². The van der Waals surface area contributed by atoms with E-state index in [9.17, 15) is 0 Å². The molecule has 26 nitrogen and oxygen atoms in total. The summed E-state index contributed by atoms with van der Waals surface area (Å²) >= 11 is 0. The average molecular weight is 587 g/mol. The molecule has 0 rings (SSSR count). The standard InChI is InChI=1S/7BH3O3.BHO3.2Li.2Na.2H2O/c8*2-1(3)4;;;;;;/h7*2-4H;2H;;;;;2*1H2/q;;;;;;;-2;4*+1;;/p-2. The van der Waals surface area contributed by atoms with Crippen molar-refractivity contribution in [1.29, 1.82) is 0 Å². The van der Waals surface area contributed by atoms with Crippen LogP contribution in [0.4, 0.5) is 0 Å². The summed E-state index contributed by atoms with van der Waals surface area (Å²) in [5.74, 6) is 0. The molecule has 0 spiro atoms. The second kappa shape index (κ2) is 83.4. The van der Waals surface area contributed by atoms with Gasteiger partial charge in [-0.3, -0.25) is 0 Å². The molecule has 24 N–H and O–H groups in total. The molecule has 0 aromatic carbocycles. The summed E-state index contributed by atoms with van der Waals surface area (Å²) in [6, 6.07) is 0. The Bertz CT molecular complexity index is 159. The van der Waals surface area contributed by atoms with E-state index in [0.29, 0.717) is 0 Å². The van der Waals surface area contributed by atoms with Crippen LogP contribution in [0, 0.1) is 0 Å². The van der Waals surface area contributed by atoms with Gasteiger partial charge < -0.3 is 132 Å². The van der Waals surface area contributed by atoms with Gasteiger partial charge in [0.15, 0.2) is 0 Å². The zero-order chi connectivity index (χ0) is 28.6. The molecule has 0 aliphatic carbocycles. The van der Waals surface area contributed by atoms with Crippen LogP contribution in [-0.4, -0.2) is 180 Å². The number of rotatable bonds is 0. The molecule has 0 bridgehead atoms. The molecule has 0 heterocycles. The molecule has 38 heteroatoms. The first-order valence-electron chi connectivity index (χ1n) is 6.15. The maximum atomic E-state index is 8.53. The van der Waals surface area contributed by atoms with E-state index in [1.165, 1.54) is 0 Å². The fourth-order valence-corrected chi connectivity index (χ4v) is 0. The third-order valence-electron chi connectivity index (χ3n) is 0. The van der Waals surface area contributed by atoms with Gasteiger partial charge in [-0.2, -0.15) is 0 Å². The quantitative estimate of drug-likeness (QED) is 0.117. The summed E-state index contributed by atoms with van der Waals surface area (Å²) in [6.07, 6.45) is 0. The van der Waals surface area contributed by atoms with Gasteiger partial charge in [-0.1, -0.05) is 0 Å². The summed E-state index contributed by atoms with van der Waals surface area (Å²) in [5.41, 5.74) is 0. The zero-order valence-corrected chi connectivity index (χ0v) is 24.2. The van der Waals surface area contributed by atoms with Gasteiger partial charge in [-0.15, -0.1) is 0 Å². The predicted octanol–water partition coefficient (Wildman–Crippen LogP) is -30.0. The van der Waals surface area contributed by atoms with Crippen molar-refractivity contribution in [3.63, 3.8) is 0 Å². The predicted molar refractivity (Wildman–Crippen MR) is 98.7 cm³/mol. The van der Waals surface area contributed by atoms with E-state index in [1.807, 2.05) is 0 Å². The Morgan fingerprint density at radius 1 is 0.263 bits per heavy atom. The fraction of sp³-hybridized carbons (Fsp3) is 0. The van der Waals surface area contributed by atoms with Crippen molar-refractivity contribution in [3.05, 3.63) is 0 Å². The van der Waals surface area contributed by atoms with E-state index >= 15 is 0 Å². The van der Waals surface area contributed by atoms with Crippen LogP contribution >= 0.6 is 0 Å². The van der Waals surface area contributed by atoms with E-state index in [0.717, 1.165) is 0 Å². The van der Waals surface area contributed by atoms with Crippen molar-refractivity contribution in [2.75, 3.05) is 0 Å². The Balaban J connectivity index is -0.0000000141. The van der Waals surface area contributed by atoms with Crippen molar-refractivity contribution in [2.45, 2.75) is 0 Å². The summed E-state index contributed by atoms with van der Waals surface area (Å²) in [5, 5.41) is 174. The maximum absolute atomic E-state index is 8.53. The van der Waals surface area contributed by atoms with Crippen molar-refractivity contribution in [1.82, 2.24) is 0 Å². The van der Waals surface area contributed by atoms with Gasteiger partial charge in [0, 0.05) is 0 Å². The summed E-state index contributed by atoms with van der Waals surface area (Å²) in [4.78, 5) is 0. The van der Waals surface area contributed by atoms with Crippen LogP contribution in [0.5, 0.6) is 0 Å². The van der Waals surface area contributed by atoms with Crippen LogP contribution in [0.3, 0.4) is 0 Å². The van der Waals surface area contributed by atoms with Gasteiger partial charge >= 0.3 is 148 Å². The van der Waals surface area contributed by atoms with E-state index in [-0.39, 0.29) is 108 Å². The minimum Gasteiger partial charge on any atom is -0.871 e. The molecule has 208 valence electrons. The first-order valence-corrected chi connectivity index (χ1v) is 6.15. The minimum absolute atomic E-state index is 0. The Morgan fingerprint density at radius 3 is 0.263 bits per heavy atom. The fourth-order valence-electron chi connectivity index (χ4n) is 0. The second-order valence-corrected chi connectivity index (χ2v) is 2.73. The van der Waals surface area contributed by atoms with Crippen molar-refractivity contribution in [2.24, 2.45) is 0 Å². The third-order valence-corrected chi connectivity index (χ3v) is 0. The molecule has 0 atom stereocenters. The van der Waals surface area contributed by atoms with Gasteiger partial charge in [-0.25, -0.2) is 0 Å². The van der Waals surface area contributed by atoms with Crippen LogP contribution in [0.25, 0.3) is 0 Å². The van der Waals surface area contributed by atoms with Crippen LogP contribution < -0.4 is 107 Å². The molecule has 0 saturated carbocycles. The van der Waals surface area contributed by atoms with Gasteiger partial charge in [0.2, 0.25) is 0 Å². The molecule has 0 aromatic heterocycles. The molecule has 0 aliphatic rings. The van der Waals surface area contributed by atoms with Gasteiger partial charge in [0.25, 0.3) is 0 Å². The van der Waals surface area contributed by atoms with Gasteiger partial charge in [0.1, 0.15) is 0 Å². The summed E-state index contributed by atoms with van der Waals surface area (Å²) in [7, 11) is -17.8. The molecule has 0 amide bonds. The Kier molecular flexibility index (Phi) is 197. The number of hydrogen-bond donors (Lipinski definition) is 22.